The molecule has 1 saturated heterocycles. The quantitative estimate of drug-likeness (QED) is 0.850. The summed E-state index contributed by atoms with van der Waals surface area (Å²) < 4.78 is 0. The minimum atomic E-state index is -0.272. The third-order valence-corrected chi connectivity index (χ3v) is 4.31. The van der Waals surface area contributed by atoms with E-state index >= 15 is 0 Å². The Balaban J connectivity index is 1.48. The molecule has 2 N–H and O–H groups in total. The zero-order chi connectivity index (χ0) is 13.1. The van der Waals surface area contributed by atoms with E-state index in [4.69, 9.17) is 0 Å². The first-order valence-corrected chi connectivity index (χ1v) is 7.57. The zero-order valence-electron chi connectivity index (χ0n) is 11.6. The number of aliphatic hydroxyl groups is 1. The molecule has 1 aliphatic heterocycles. The zero-order valence-corrected chi connectivity index (χ0v) is 11.6. The van der Waals surface area contributed by atoms with Gasteiger partial charge in [-0.1, -0.05) is 6.07 Å². The molecule has 0 spiro atoms. The number of β-amino-alcohol motifs (C(OH)–C–C–N with tert-alkyl or cyclic N) is 1. The fraction of sp³-hybridized carbons (Fsp3) is 0.625. The number of likely N-dealkylation sites (tertiary alicyclic amines) is 1. The van der Waals surface area contributed by atoms with E-state index in [2.05, 4.69) is 28.4 Å². The predicted octanol–water partition coefficient (Wildman–Crippen LogP) is 2.04. The van der Waals surface area contributed by atoms with Gasteiger partial charge in [-0.25, -0.2) is 0 Å². The van der Waals surface area contributed by atoms with Gasteiger partial charge in [-0.3, -0.25) is 0 Å². The highest BCUT2D eigenvalue weighted by atomic mass is 16.3. The third kappa shape index (κ3) is 3.28. The van der Waals surface area contributed by atoms with Gasteiger partial charge in [0.05, 0.1) is 6.10 Å². The third-order valence-electron chi connectivity index (χ3n) is 4.31. The van der Waals surface area contributed by atoms with Crippen LogP contribution in [0, 0.1) is 0 Å². The van der Waals surface area contributed by atoms with Crippen molar-refractivity contribution in [1.82, 2.24) is 4.90 Å². The summed E-state index contributed by atoms with van der Waals surface area (Å²) in [5.74, 6) is 0. The maximum Gasteiger partial charge on any atom is 0.0839 e. The molecule has 1 heterocycles. The Morgan fingerprint density at radius 3 is 2.74 bits per heavy atom. The maximum atomic E-state index is 10.1. The molecule has 1 fully saturated rings. The van der Waals surface area contributed by atoms with Crippen LogP contribution in [0.15, 0.2) is 18.2 Å². The van der Waals surface area contributed by atoms with Crippen LogP contribution in [0.4, 0.5) is 5.69 Å². The lowest BCUT2D eigenvalue weighted by molar-refractivity contribution is 0.135. The van der Waals surface area contributed by atoms with Crippen LogP contribution in [0.25, 0.3) is 0 Å². The van der Waals surface area contributed by atoms with Crippen LogP contribution in [0.1, 0.15) is 30.4 Å². The highest BCUT2D eigenvalue weighted by molar-refractivity contribution is 5.50. The normalized spacial score (nSPS) is 20.5. The second-order valence-corrected chi connectivity index (χ2v) is 5.88. The molecule has 0 saturated carbocycles. The van der Waals surface area contributed by atoms with Crippen molar-refractivity contribution in [2.75, 3.05) is 31.5 Å². The topological polar surface area (TPSA) is 35.5 Å². The molecule has 3 rings (SSSR count). The summed E-state index contributed by atoms with van der Waals surface area (Å²) in [7, 11) is 0. The molecule has 3 heteroatoms. The highest BCUT2D eigenvalue weighted by Gasteiger charge is 2.16. The molecule has 1 aromatic carbocycles. The van der Waals surface area contributed by atoms with E-state index in [1.54, 1.807) is 0 Å². The lowest BCUT2D eigenvalue weighted by Gasteiger charge is -2.20. The number of fused-ring (bicyclic) bond motifs is 1. The van der Waals surface area contributed by atoms with Crippen molar-refractivity contribution in [2.24, 2.45) is 0 Å². The smallest absolute Gasteiger partial charge is 0.0839 e. The first-order valence-electron chi connectivity index (χ1n) is 7.57. The molecule has 0 radical (unpaired) electrons. The molecule has 1 aliphatic carbocycles. The molecule has 1 aromatic rings. The van der Waals surface area contributed by atoms with Crippen LogP contribution < -0.4 is 5.32 Å². The van der Waals surface area contributed by atoms with Crippen molar-refractivity contribution < 1.29 is 5.11 Å². The van der Waals surface area contributed by atoms with E-state index in [-0.39, 0.29) is 6.10 Å². The summed E-state index contributed by atoms with van der Waals surface area (Å²) in [6.45, 7) is 3.75. The standard InChI is InChI=1S/C16H24N2O/c19-16(12-18-8-1-2-9-18)11-17-15-7-6-13-4-3-5-14(13)10-15/h6-7,10,16-17,19H,1-5,8-9,11-12H2. The molecule has 3 nitrogen and oxygen atoms in total. The summed E-state index contributed by atoms with van der Waals surface area (Å²) in [6, 6.07) is 6.63. The molecule has 0 aromatic heterocycles. The number of aryl methyl sites for hydroxylation is 2. The first kappa shape index (κ1) is 12.9. The summed E-state index contributed by atoms with van der Waals surface area (Å²) in [4.78, 5) is 2.36. The number of rotatable bonds is 5. The molecule has 0 amide bonds. The molecule has 19 heavy (non-hydrogen) atoms. The number of nitrogens with zero attached hydrogens (tertiary/aromatic N) is 1. The van der Waals surface area contributed by atoms with Crippen molar-refractivity contribution in [3.63, 3.8) is 0 Å². The molecule has 0 bridgehead atoms. The van der Waals surface area contributed by atoms with Gasteiger partial charge in [-0.2, -0.15) is 0 Å². The maximum absolute atomic E-state index is 10.1. The van der Waals surface area contributed by atoms with E-state index in [0.29, 0.717) is 6.54 Å². The van der Waals surface area contributed by atoms with E-state index in [1.807, 2.05) is 0 Å². The number of anilines is 1. The van der Waals surface area contributed by atoms with E-state index < -0.39 is 0 Å². The van der Waals surface area contributed by atoms with Crippen molar-refractivity contribution >= 4 is 5.69 Å². The predicted molar refractivity (Wildman–Crippen MR) is 78.6 cm³/mol. The summed E-state index contributed by atoms with van der Waals surface area (Å²) in [6.07, 6.45) is 6.02. The number of hydrogen-bond acceptors (Lipinski definition) is 3. The monoisotopic (exact) mass is 260 g/mol. The van der Waals surface area contributed by atoms with Crippen LogP contribution in [0.2, 0.25) is 0 Å². The molecule has 1 unspecified atom stereocenters. The first-order chi connectivity index (χ1) is 9.31. The van der Waals surface area contributed by atoms with Crippen LogP contribution in [-0.2, 0) is 12.8 Å². The number of aliphatic hydroxyl groups excluding tert-OH is 1. The highest BCUT2D eigenvalue weighted by Crippen LogP contribution is 2.24. The number of nitrogens with one attached hydrogen (secondary N) is 1. The Hall–Kier alpha value is -1.06. The second kappa shape index (κ2) is 5.93. The van der Waals surface area contributed by atoms with Crippen LogP contribution in [-0.4, -0.2) is 42.3 Å². The molecular weight excluding hydrogens is 236 g/mol. The van der Waals surface area contributed by atoms with Crippen LogP contribution in [0.5, 0.6) is 0 Å². The van der Waals surface area contributed by atoms with Gasteiger partial charge in [0.2, 0.25) is 0 Å². The van der Waals surface area contributed by atoms with E-state index in [1.165, 1.54) is 43.2 Å². The summed E-state index contributed by atoms with van der Waals surface area (Å²) >= 11 is 0. The Kier molecular flexibility index (Phi) is 4.04. The number of hydrogen-bond donors (Lipinski definition) is 2. The Morgan fingerprint density at radius 2 is 1.89 bits per heavy atom. The Bertz CT molecular complexity index is 427. The van der Waals surface area contributed by atoms with Gasteiger partial charge in [0.15, 0.2) is 0 Å². The fourth-order valence-corrected chi connectivity index (χ4v) is 3.25. The van der Waals surface area contributed by atoms with Crippen molar-refractivity contribution in [2.45, 2.75) is 38.2 Å². The van der Waals surface area contributed by atoms with E-state index in [9.17, 15) is 5.11 Å². The molecule has 104 valence electrons. The Morgan fingerprint density at radius 1 is 1.11 bits per heavy atom. The summed E-state index contributed by atoms with van der Waals surface area (Å²) in [5, 5.41) is 13.4. The van der Waals surface area contributed by atoms with Crippen LogP contribution >= 0.6 is 0 Å². The molecular formula is C16H24N2O. The van der Waals surface area contributed by atoms with Crippen molar-refractivity contribution in [3.8, 4) is 0 Å². The average molecular weight is 260 g/mol. The minimum Gasteiger partial charge on any atom is -0.390 e. The summed E-state index contributed by atoms with van der Waals surface area (Å²) in [5.41, 5.74) is 4.14. The number of benzene rings is 1. The fourth-order valence-electron chi connectivity index (χ4n) is 3.25. The van der Waals surface area contributed by atoms with Gasteiger partial charge < -0.3 is 15.3 Å². The van der Waals surface area contributed by atoms with Gasteiger partial charge in [0.25, 0.3) is 0 Å². The minimum absolute atomic E-state index is 0.272. The van der Waals surface area contributed by atoms with Crippen molar-refractivity contribution in [1.29, 1.82) is 0 Å². The second-order valence-electron chi connectivity index (χ2n) is 5.88. The van der Waals surface area contributed by atoms with E-state index in [0.717, 1.165) is 25.3 Å². The Labute approximate surface area is 115 Å². The van der Waals surface area contributed by atoms with Crippen molar-refractivity contribution in [3.05, 3.63) is 29.3 Å². The van der Waals surface area contributed by atoms with Gasteiger partial charge in [-0.15, -0.1) is 0 Å². The lowest BCUT2D eigenvalue weighted by Crippen LogP contribution is -2.34. The van der Waals surface area contributed by atoms with Gasteiger partial charge in [0.1, 0.15) is 0 Å². The largest absolute Gasteiger partial charge is 0.390 e. The molecule has 2 aliphatic rings. The van der Waals surface area contributed by atoms with Crippen LogP contribution in [0.3, 0.4) is 0 Å². The van der Waals surface area contributed by atoms with Gasteiger partial charge >= 0.3 is 0 Å². The van der Waals surface area contributed by atoms with Gasteiger partial charge in [0, 0.05) is 18.8 Å². The average Bonchev–Trinajstić information content (AvgIpc) is 3.06. The van der Waals surface area contributed by atoms with Gasteiger partial charge in [-0.05, 0) is 68.5 Å². The SMILES string of the molecule is OC(CNc1ccc2c(c1)CCC2)CN1CCCC1. The molecule has 1 atom stereocenters. The lowest BCUT2D eigenvalue weighted by atomic mass is 10.1.